The lowest BCUT2D eigenvalue weighted by Crippen LogP contribution is -2.30. The first-order chi connectivity index (χ1) is 15.9. The summed E-state index contributed by atoms with van der Waals surface area (Å²) in [6, 6.07) is 25.1. The molecule has 1 fully saturated rings. The van der Waals surface area contributed by atoms with Crippen LogP contribution in [0.3, 0.4) is 0 Å². The molecule has 0 aliphatic heterocycles. The first kappa shape index (κ1) is 23.0. The number of para-hydroxylation sites is 1. The quantitative estimate of drug-likeness (QED) is 0.271. The van der Waals surface area contributed by atoms with Gasteiger partial charge in [-0.15, -0.1) is 0 Å². The Labute approximate surface area is 202 Å². The number of hydrogen-bond donors (Lipinski definition) is 0. The smallest absolute Gasteiger partial charge is 0.321 e. The Balaban J connectivity index is 1.55. The fourth-order valence-electron chi connectivity index (χ4n) is 3.69. The molecule has 0 amide bonds. The molecule has 33 heavy (non-hydrogen) atoms. The predicted octanol–water partition coefficient (Wildman–Crippen LogP) is 6.50. The zero-order valence-electron chi connectivity index (χ0n) is 17.8. The van der Waals surface area contributed by atoms with Crippen LogP contribution in [0.5, 0.6) is 17.2 Å². The van der Waals surface area contributed by atoms with Gasteiger partial charge in [-0.25, -0.2) is 0 Å². The van der Waals surface area contributed by atoms with Crippen molar-refractivity contribution in [1.29, 1.82) is 5.26 Å². The fourth-order valence-corrected chi connectivity index (χ4v) is 4.46. The van der Waals surface area contributed by atoms with Crippen LogP contribution in [0.1, 0.15) is 30.6 Å². The first-order valence-corrected chi connectivity index (χ1v) is 11.2. The van der Waals surface area contributed by atoms with Gasteiger partial charge in [0.05, 0.1) is 6.61 Å². The van der Waals surface area contributed by atoms with E-state index in [1.807, 2.05) is 43.3 Å². The van der Waals surface area contributed by atoms with Gasteiger partial charge >= 0.3 is 5.97 Å². The third-order valence-electron chi connectivity index (χ3n) is 5.48. The van der Waals surface area contributed by atoms with Crippen molar-refractivity contribution < 1.29 is 19.0 Å². The van der Waals surface area contributed by atoms with Gasteiger partial charge in [-0.1, -0.05) is 65.7 Å². The lowest BCUT2D eigenvalue weighted by molar-refractivity contribution is -0.150. The van der Waals surface area contributed by atoms with Gasteiger partial charge in [0.15, 0.2) is 0 Å². The van der Waals surface area contributed by atoms with E-state index < -0.39 is 21.8 Å². The molecule has 0 aromatic heterocycles. The summed E-state index contributed by atoms with van der Waals surface area (Å²) in [4.78, 5) is 13.3. The molecule has 0 radical (unpaired) electrons. The van der Waals surface area contributed by atoms with Gasteiger partial charge in [0.2, 0.25) is 6.10 Å². The van der Waals surface area contributed by atoms with Gasteiger partial charge in [-0.3, -0.25) is 4.79 Å². The number of carbonyl (C=O) groups excluding carboxylic acids is 1. The number of ether oxygens (including phenoxy) is 3. The number of rotatable bonds is 8. The van der Waals surface area contributed by atoms with E-state index in [4.69, 9.17) is 37.4 Å². The van der Waals surface area contributed by atoms with Crippen LogP contribution in [-0.4, -0.2) is 16.9 Å². The number of halogens is 2. The van der Waals surface area contributed by atoms with E-state index in [-0.39, 0.29) is 6.42 Å². The Morgan fingerprint density at radius 1 is 1.00 bits per heavy atom. The Bertz CT molecular complexity index is 1170. The van der Waals surface area contributed by atoms with Gasteiger partial charge in [-0.2, -0.15) is 5.26 Å². The summed E-state index contributed by atoms with van der Waals surface area (Å²) in [5.74, 6) is 1.19. The summed E-state index contributed by atoms with van der Waals surface area (Å²) in [6.07, 6.45) is -0.966. The molecule has 2 unspecified atom stereocenters. The van der Waals surface area contributed by atoms with E-state index >= 15 is 0 Å². The van der Waals surface area contributed by atoms with Crippen LogP contribution in [0.4, 0.5) is 0 Å². The van der Waals surface area contributed by atoms with Gasteiger partial charge < -0.3 is 14.2 Å². The normalized spacial score (nSPS) is 19.1. The second-order valence-electron chi connectivity index (χ2n) is 7.65. The Morgan fingerprint density at radius 2 is 1.67 bits per heavy atom. The molecular formula is C26H21Cl2NO4. The number of alkyl halides is 2. The molecule has 3 aromatic carbocycles. The molecule has 0 spiro atoms. The monoisotopic (exact) mass is 481 g/mol. The molecule has 4 rings (SSSR count). The molecule has 2 atom stereocenters. The van der Waals surface area contributed by atoms with Gasteiger partial charge in [-0.05, 0) is 48.9 Å². The van der Waals surface area contributed by atoms with Crippen LogP contribution in [-0.2, 0) is 14.9 Å². The van der Waals surface area contributed by atoms with Crippen molar-refractivity contribution in [1.82, 2.24) is 0 Å². The molecule has 1 saturated carbocycles. The van der Waals surface area contributed by atoms with Gasteiger partial charge in [0, 0.05) is 12.0 Å². The highest BCUT2D eigenvalue weighted by Crippen LogP contribution is 2.65. The van der Waals surface area contributed by atoms with E-state index in [1.54, 1.807) is 48.5 Å². The van der Waals surface area contributed by atoms with Crippen LogP contribution < -0.4 is 9.47 Å². The highest BCUT2D eigenvalue weighted by molar-refractivity contribution is 6.54. The molecule has 1 aliphatic rings. The minimum Gasteiger partial charge on any atom is -0.494 e. The molecule has 0 bridgehead atoms. The average molecular weight is 482 g/mol. The number of hydrogen-bond acceptors (Lipinski definition) is 5. The van der Waals surface area contributed by atoms with Gasteiger partial charge in [0.25, 0.3) is 0 Å². The summed E-state index contributed by atoms with van der Waals surface area (Å²) in [5, 5.41) is 9.74. The number of nitrogens with zero attached hydrogens (tertiary/aromatic N) is 1. The molecule has 7 heteroatoms. The highest BCUT2D eigenvalue weighted by Gasteiger charge is 2.73. The van der Waals surface area contributed by atoms with Crippen molar-refractivity contribution in [3.63, 3.8) is 0 Å². The average Bonchev–Trinajstić information content (AvgIpc) is 3.42. The van der Waals surface area contributed by atoms with E-state index in [0.29, 0.717) is 35.0 Å². The van der Waals surface area contributed by atoms with Crippen LogP contribution in [0, 0.1) is 11.3 Å². The third-order valence-corrected chi connectivity index (χ3v) is 6.39. The summed E-state index contributed by atoms with van der Waals surface area (Å²) >= 11 is 12.8. The standard InChI is InChI=1S/C26H21Cl2NO4/c1-2-31-20-13-11-19(12-14-20)25(17-26(25,27)28)24(30)33-23(16-29)18-7-6-10-22(15-18)32-21-8-4-3-5-9-21/h3-15,23H,2,17H2,1H3. The maximum absolute atomic E-state index is 13.3. The topological polar surface area (TPSA) is 68.5 Å². The summed E-state index contributed by atoms with van der Waals surface area (Å²) in [7, 11) is 0. The molecule has 1 aliphatic carbocycles. The van der Waals surface area contributed by atoms with Crippen LogP contribution in [0.25, 0.3) is 0 Å². The zero-order chi connectivity index (χ0) is 23.5. The molecule has 3 aromatic rings. The van der Waals surface area contributed by atoms with E-state index in [2.05, 4.69) is 0 Å². The van der Waals surface area contributed by atoms with Crippen molar-refractivity contribution in [2.75, 3.05) is 6.61 Å². The lowest BCUT2D eigenvalue weighted by Gasteiger charge is -2.20. The molecule has 0 heterocycles. The first-order valence-electron chi connectivity index (χ1n) is 10.4. The molecule has 0 N–H and O–H groups in total. The number of benzene rings is 3. The van der Waals surface area contributed by atoms with E-state index in [0.717, 1.165) is 0 Å². The predicted molar refractivity (Wildman–Crippen MR) is 126 cm³/mol. The minimum atomic E-state index is -1.32. The van der Waals surface area contributed by atoms with E-state index in [9.17, 15) is 10.1 Å². The molecule has 168 valence electrons. The fraction of sp³-hybridized carbons (Fsp3) is 0.231. The summed E-state index contributed by atoms with van der Waals surface area (Å²) in [5.41, 5.74) is -0.163. The van der Waals surface area contributed by atoms with Crippen LogP contribution in [0.2, 0.25) is 0 Å². The SMILES string of the molecule is CCOc1ccc(C2(C(=O)OC(C#N)c3cccc(Oc4ccccc4)c3)CC2(Cl)Cl)cc1. The van der Waals surface area contributed by atoms with Crippen molar-refractivity contribution >= 4 is 29.2 Å². The maximum Gasteiger partial charge on any atom is 0.321 e. The van der Waals surface area contributed by atoms with E-state index in [1.165, 1.54) is 0 Å². The molecule has 5 nitrogen and oxygen atoms in total. The second kappa shape index (κ2) is 9.35. The van der Waals surface area contributed by atoms with Crippen LogP contribution >= 0.6 is 23.2 Å². The Kier molecular flexibility index (Phi) is 6.51. The third kappa shape index (κ3) is 4.64. The highest BCUT2D eigenvalue weighted by atomic mass is 35.5. The Hall–Kier alpha value is -3.20. The van der Waals surface area contributed by atoms with Crippen molar-refractivity contribution in [2.24, 2.45) is 0 Å². The van der Waals surface area contributed by atoms with Crippen LogP contribution in [0.15, 0.2) is 78.9 Å². The van der Waals surface area contributed by atoms with Gasteiger partial charge in [0.1, 0.15) is 33.1 Å². The minimum absolute atomic E-state index is 0.186. The number of carbonyl (C=O) groups is 1. The number of nitriles is 1. The Morgan fingerprint density at radius 3 is 2.27 bits per heavy atom. The zero-order valence-corrected chi connectivity index (χ0v) is 19.3. The van der Waals surface area contributed by atoms with Crippen molar-refractivity contribution in [3.8, 4) is 23.3 Å². The molecule has 0 saturated heterocycles. The number of esters is 1. The summed E-state index contributed by atoms with van der Waals surface area (Å²) in [6.45, 7) is 2.41. The summed E-state index contributed by atoms with van der Waals surface area (Å²) < 4.78 is 15.6. The van der Waals surface area contributed by atoms with Crippen molar-refractivity contribution in [3.05, 3.63) is 90.0 Å². The van der Waals surface area contributed by atoms with Crippen molar-refractivity contribution in [2.45, 2.75) is 29.2 Å². The maximum atomic E-state index is 13.3. The largest absolute Gasteiger partial charge is 0.494 e. The lowest BCUT2D eigenvalue weighted by atomic mass is 9.95. The molecular weight excluding hydrogens is 461 g/mol. The second-order valence-corrected chi connectivity index (χ2v) is 9.13.